The summed E-state index contributed by atoms with van der Waals surface area (Å²) in [7, 11) is 1.85. The van der Waals surface area contributed by atoms with Gasteiger partial charge in [0.1, 0.15) is 4.88 Å². The number of ketones is 1. The van der Waals surface area contributed by atoms with E-state index in [9.17, 15) is 4.79 Å². The van der Waals surface area contributed by atoms with Gasteiger partial charge in [0, 0.05) is 23.4 Å². The van der Waals surface area contributed by atoms with Gasteiger partial charge in [0.05, 0.1) is 11.0 Å². The van der Waals surface area contributed by atoms with Crippen molar-refractivity contribution in [3.8, 4) is 0 Å². The number of fused-ring (bicyclic) bond motifs is 1. The fourth-order valence-electron chi connectivity index (χ4n) is 3.38. The zero-order chi connectivity index (χ0) is 22.1. The molecule has 8 heteroatoms. The molecule has 0 spiro atoms. The second-order valence-electron chi connectivity index (χ2n) is 7.13. The number of nitrogens with one attached hydrogen (secondary N) is 2. The number of hydrogen-bond donors (Lipinski definition) is 2. The summed E-state index contributed by atoms with van der Waals surface area (Å²) in [6, 6.07) is 24.6. The Kier molecular flexibility index (Phi) is 5.34. The molecule has 0 amide bonds. The SMILES string of the molecule is Cn1c(C(=O)c2sc(Nc3ccccc3)nc2Nc2ccc(Cl)cc2)nc2ccccc21. The Labute approximate surface area is 193 Å². The summed E-state index contributed by atoms with van der Waals surface area (Å²) in [6.45, 7) is 0. The molecule has 5 aromatic rings. The number of halogens is 1. The number of carbonyl (C=O) groups excluding carboxylic acids is 1. The number of anilines is 4. The van der Waals surface area contributed by atoms with E-state index in [2.05, 4.69) is 20.6 Å². The molecule has 0 aliphatic rings. The predicted octanol–water partition coefficient (Wildman–Crippen LogP) is 6.40. The van der Waals surface area contributed by atoms with Crippen molar-refractivity contribution >= 4 is 62.1 Å². The number of imidazole rings is 1. The first-order valence-electron chi connectivity index (χ1n) is 9.90. The minimum absolute atomic E-state index is 0.196. The summed E-state index contributed by atoms with van der Waals surface area (Å²) in [5.41, 5.74) is 3.35. The average Bonchev–Trinajstić information content (AvgIpc) is 3.36. The van der Waals surface area contributed by atoms with Crippen molar-refractivity contribution < 1.29 is 4.79 Å². The van der Waals surface area contributed by atoms with Crippen LogP contribution in [-0.4, -0.2) is 20.3 Å². The van der Waals surface area contributed by atoms with E-state index in [4.69, 9.17) is 11.6 Å². The van der Waals surface area contributed by atoms with E-state index >= 15 is 0 Å². The fourth-order valence-corrected chi connectivity index (χ4v) is 4.38. The fraction of sp³-hybridized carbons (Fsp3) is 0.0417. The lowest BCUT2D eigenvalue weighted by atomic mass is 10.3. The summed E-state index contributed by atoms with van der Waals surface area (Å²) in [4.78, 5) is 23.3. The minimum atomic E-state index is -0.196. The van der Waals surface area contributed by atoms with Crippen LogP contribution in [0, 0.1) is 0 Å². The molecule has 0 unspecified atom stereocenters. The van der Waals surface area contributed by atoms with Crippen molar-refractivity contribution in [1.82, 2.24) is 14.5 Å². The smallest absolute Gasteiger partial charge is 0.242 e. The molecule has 5 rings (SSSR count). The number of rotatable bonds is 6. The molecule has 158 valence electrons. The lowest BCUT2D eigenvalue weighted by molar-refractivity contribution is 0.103. The molecule has 2 aromatic heterocycles. The summed E-state index contributed by atoms with van der Waals surface area (Å²) < 4.78 is 1.81. The van der Waals surface area contributed by atoms with Crippen LogP contribution in [0.1, 0.15) is 15.5 Å². The molecule has 0 saturated heterocycles. The monoisotopic (exact) mass is 459 g/mol. The summed E-state index contributed by atoms with van der Waals surface area (Å²) >= 11 is 7.30. The standard InChI is InChI=1S/C24H18ClN5OS/c1-30-19-10-6-5-9-18(19)28-23(30)20(31)21-22(26-17-13-11-15(25)12-14-17)29-24(32-21)27-16-7-3-2-4-8-16/h2-14,26H,1H3,(H,27,29). The quantitative estimate of drug-likeness (QED) is 0.287. The van der Waals surface area contributed by atoms with Crippen LogP contribution in [0.4, 0.5) is 22.3 Å². The summed E-state index contributed by atoms with van der Waals surface area (Å²) in [6.07, 6.45) is 0. The molecule has 3 aromatic carbocycles. The number of nitrogens with zero attached hydrogens (tertiary/aromatic N) is 3. The Morgan fingerprint density at radius 2 is 1.56 bits per heavy atom. The van der Waals surface area contributed by atoms with E-state index in [-0.39, 0.29) is 5.78 Å². The van der Waals surface area contributed by atoms with Gasteiger partial charge in [-0.3, -0.25) is 4.79 Å². The number of benzene rings is 3. The highest BCUT2D eigenvalue weighted by atomic mass is 35.5. The third kappa shape index (κ3) is 3.95. The first-order valence-corrected chi connectivity index (χ1v) is 11.1. The van der Waals surface area contributed by atoms with Crippen LogP contribution in [0.15, 0.2) is 78.9 Å². The van der Waals surface area contributed by atoms with Crippen LogP contribution in [0.25, 0.3) is 11.0 Å². The molecule has 0 fully saturated rings. The highest BCUT2D eigenvalue weighted by molar-refractivity contribution is 7.18. The van der Waals surface area contributed by atoms with Gasteiger partial charge >= 0.3 is 0 Å². The lowest BCUT2D eigenvalue weighted by Crippen LogP contribution is -2.09. The molecular formula is C24H18ClN5OS. The predicted molar refractivity (Wildman–Crippen MR) is 131 cm³/mol. The Morgan fingerprint density at radius 1 is 0.875 bits per heavy atom. The van der Waals surface area contributed by atoms with Gasteiger partial charge in [-0.2, -0.15) is 0 Å². The van der Waals surface area contributed by atoms with Crippen LogP contribution in [0.2, 0.25) is 5.02 Å². The number of hydrogen-bond acceptors (Lipinski definition) is 6. The Morgan fingerprint density at radius 3 is 2.31 bits per heavy atom. The van der Waals surface area contributed by atoms with E-state index < -0.39 is 0 Å². The van der Waals surface area contributed by atoms with E-state index in [0.717, 1.165) is 22.4 Å². The van der Waals surface area contributed by atoms with E-state index in [1.54, 1.807) is 12.1 Å². The summed E-state index contributed by atoms with van der Waals surface area (Å²) in [5, 5.41) is 7.77. The molecule has 0 atom stereocenters. The van der Waals surface area contributed by atoms with Gasteiger partial charge in [-0.25, -0.2) is 9.97 Å². The number of aryl methyl sites for hydroxylation is 1. The van der Waals surface area contributed by atoms with Gasteiger partial charge in [-0.1, -0.05) is 53.3 Å². The number of aromatic nitrogens is 3. The van der Waals surface area contributed by atoms with Crippen LogP contribution >= 0.6 is 22.9 Å². The highest BCUT2D eigenvalue weighted by Gasteiger charge is 2.24. The van der Waals surface area contributed by atoms with Gasteiger partial charge in [0.2, 0.25) is 5.78 Å². The van der Waals surface area contributed by atoms with Gasteiger partial charge in [0.15, 0.2) is 16.8 Å². The molecule has 0 saturated carbocycles. The number of carbonyl (C=O) groups is 1. The molecule has 0 bridgehead atoms. The maximum absolute atomic E-state index is 13.6. The largest absolute Gasteiger partial charge is 0.339 e. The zero-order valence-corrected chi connectivity index (χ0v) is 18.6. The second-order valence-corrected chi connectivity index (χ2v) is 8.57. The van der Waals surface area contributed by atoms with Crippen molar-refractivity contribution in [2.24, 2.45) is 7.05 Å². The third-order valence-electron chi connectivity index (χ3n) is 4.96. The molecule has 32 heavy (non-hydrogen) atoms. The molecule has 0 aliphatic carbocycles. The highest BCUT2D eigenvalue weighted by Crippen LogP contribution is 2.33. The Hall–Kier alpha value is -3.68. The lowest BCUT2D eigenvalue weighted by Gasteiger charge is -2.06. The zero-order valence-electron chi connectivity index (χ0n) is 17.0. The number of para-hydroxylation sites is 3. The van der Waals surface area contributed by atoms with Crippen molar-refractivity contribution in [2.75, 3.05) is 10.6 Å². The van der Waals surface area contributed by atoms with Gasteiger partial charge in [-0.05, 0) is 48.5 Å². The second kappa shape index (κ2) is 8.45. The Balaban J connectivity index is 1.55. The maximum atomic E-state index is 13.6. The third-order valence-corrected chi connectivity index (χ3v) is 6.18. The molecular weight excluding hydrogens is 442 g/mol. The molecule has 2 heterocycles. The first kappa shape index (κ1) is 20.2. The normalized spacial score (nSPS) is 10.9. The molecule has 6 nitrogen and oxygen atoms in total. The summed E-state index contributed by atoms with van der Waals surface area (Å²) in [5.74, 6) is 0.631. The Bertz CT molecular complexity index is 1410. The van der Waals surface area contributed by atoms with Crippen LogP contribution < -0.4 is 10.6 Å². The molecule has 0 radical (unpaired) electrons. The van der Waals surface area contributed by atoms with Crippen molar-refractivity contribution in [1.29, 1.82) is 0 Å². The maximum Gasteiger partial charge on any atom is 0.242 e. The van der Waals surface area contributed by atoms with Crippen LogP contribution in [-0.2, 0) is 7.05 Å². The topological polar surface area (TPSA) is 71.8 Å². The van der Waals surface area contributed by atoms with Crippen LogP contribution in [0.3, 0.4) is 0 Å². The van der Waals surface area contributed by atoms with Crippen LogP contribution in [0.5, 0.6) is 0 Å². The van der Waals surface area contributed by atoms with Crippen molar-refractivity contribution in [3.05, 3.63) is 94.6 Å². The van der Waals surface area contributed by atoms with E-state index in [1.165, 1.54) is 11.3 Å². The average molecular weight is 460 g/mol. The van der Waals surface area contributed by atoms with Crippen molar-refractivity contribution in [3.63, 3.8) is 0 Å². The van der Waals surface area contributed by atoms with Crippen molar-refractivity contribution in [2.45, 2.75) is 0 Å². The van der Waals surface area contributed by atoms with E-state index in [0.29, 0.717) is 26.7 Å². The van der Waals surface area contributed by atoms with Gasteiger partial charge in [-0.15, -0.1) is 0 Å². The first-order chi connectivity index (χ1) is 15.6. The molecule has 2 N–H and O–H groups in total. The minimum Gasteiger partial charge on any atom is -0.339 e. The van der Waals surface area contributed by atoms with E-state index in [1.807, 2.05) is 78.3 Å². The van der Waals surface area contributed by atoms with Gasteiger partial charge < -0.3 is 15.2 Å². The molecule has 0 aliphatic heterocycles. The van der Waals surface area contributed by atoms with Gasteiger partial charge in [0.25, 0.3) is 0 Å². The number of thiazole rings is 1.